The van der Waals surface area contributed by atoms with Crippen LogP contribution in [-0.2, 0) is 4.79 Å². The molecule has 1 rings (SSSR count). The van der Waals surface area contributed by atoms with E-state index in [9.17, 15) is 4.79 Å². The fourth-order valence-electron chi connectivity index (χ4n) is 3.18. The lowest BCUT2D eigenvalue weighted by molar-refractivity contribution is -0.124. The lowest BCUT2D eigenvalue weighted by Crippen LogP contribution is -2.56. The number of carbonyl (C=O) groups is 1. The van der Waals surface area contributed by atoms with E-state index in [1.54, 1.807) is 0 Å². The number of primary amides is 1. The number of likely N-dealkylation sites (N-methyl/N-ethyl adjacent to an activating group) is 1. The Balaban J connectivity index is 2.60. The molecule has 0 radical (unpaired) electrons. The maximum absolute atomic E-state index is 11.6. The molecule has 1 heterocycles. The highest BCUT2D eigenvalue weighted by Gasteiger charge is 2.33. The van der Waals surface area contributed by atoms with Crippen LogP contribution in [0.4, 0.5) is 0 Å². The molecule has 1 fully saturated rings. The van der Waals surface area contributed by atoms with Crippen molar-refractivity contribution in [2.24, 2.45) is 17.6 Å². The van der Waals surface area contributed by atoms with Crippen LogP contribution in [0.3, 0.4) is 0 Å². The summed E-state index contributed by atoms with van der Waals surface area (Å²) in [5.74, 6) is 1.22. The predicted octanol–water partition coefficient (Wildman–Crippen LogP) is 1.60. The monoisotopic (exact) mass is 269 g/mol. The van der Waals surface area contributed by atoms with Crippen molar-refractivity contribution in [1.82, 2.24) is 10.2 Å². The van der Waals surface area contributed by atoms with Crippen molar-refractivity contribution in [2.75, 3.05) is 19.6 Å². The molecule has 0 aliphatic carbocycles. The van der Waals surface area contributed by atoms with Crippen LogP contribution in [-0.4, -0.2) is 42.0 Å². The Hall–Kier alpha value is -0.610. The molecule has 1 amide bonds. The molecule has 4 unspecified atom stereocenters. The number of hydrogen-bond acceptors (Lipinski definition) is 3. The van der Waals surface area contributed by atoms with E-state index >= 15 is 0 Å². The van der Waals surface area contributed by atoms with Crippen molar-refractivity contribution < 1.29 is 4.79 Å². The van der Waals surface area contributed by atoms with Gasteiger partial charge in [-0.05, 0) is 45.1 Å². The highest BCUT2D eigenvalue weighted by molar-refractivity contribution is 5.84. The summed E-state index contributed by atoms with van der Waals surface area (Å²) in [6.45, 7) is 13.7. The zero-order valence-corrected chi connectivity index (χ0v) is 13.2. The molecule has 0 saturated carbocycles. The molecule has 4 atom stereocenters. The van der Waals surface area contributed by atoms with E-state index in [1.165, 1.54) is 6.42 Å². The van der Waals surface area contributed by atoms with Crippen LogP contribution in [0.1, 0.15) is 47.5 Å². The van der Waals surface area contributed by atoms with E-state index in [2.05, 4.69) is 31.0 Å². The third-order valence-electron chi connectivity index (χ3n) is 4.73. The Labute approximate surface area is 118 Å². The summed E-state index contributed by atoms with van der Waals surface area (Å²) in [4.78, 5) is 14.1. The van der Waals surface area contributed by atoms with Crippen molar-refractivity contribution in [3.05, 3.63) is 0 Å². The van der Waals surface area contributed by atoms with Gasteiger partial charge in [0, 0.05) is 19.1 Å². The summed E-state index contributed by atoms with van der Waals surface area (Å²) < 4.78 is 0. The number of carbonyl (C=O) groups excluding carboxylic acids is 1. The smallest absolute Gasteiger partial charge is 0.237 e. The topological polar surface area (TPSA) is 58.4 Å². The van der Waals surface area contributed by atoms with E-state index in [0.29, 0.717) is 6.04 Å². The molecule has 0 spiro atoms. The molecule has 112 valence electrons. The van der Waals surface area contributed by atoms with Gasteiger partial charge in [-0.2, -0.15) is 0 Å². The number of hydrogen-bond donors (Lipinski definition) is 2. The second-order valence-electron chi connectivity index (χ2n) is 6.53. The first kappa shape index (κ1) is 16.4. The van der Waals surface area contributed by atoms with E-state index in [4.69, 9.17) is 5.73 Å². The molecule has 0 aromatic heterocycles. The van der Waals surface area contributed by atoms with Gasteiger partial charge in [0.25, 0.3) is 0 Å². The third kappa shape index (κ3) is 4.18. The largest absolute Gasteiger partial charge is 0.368 e. The van der Waals surface area contributed by atoms with Crippen molar-refractivity contribution in [1.29, 1.82) is 0 Å². The number of piperidine rings is 1. The molecule has 3 N–H and O–H groups in total. The molecule has 0 aromatic carbocycles. The van der Waals surface area contributed by atoms with Crippen LogP contribution >= 0.6 is 0 Å². The zero-order valence-electron chi connectivity index (χ0n) is 13.2. The number of nitrogens with two attached hydrogens (primary N) is 1. The van der Waals surface area contributed by atoms with Crippen LogP contribution < -0.4 is 11.1 Å². The fraction of sp³-hybridized carbons (Fsp3) is 0.933. The Morgan fingerprint density at radius 2 is 2.05 bits per heavy atom. The summed E-state index contributed by atoms with van der Waals surface area (Å²) in [5, 5.41) is 3.23. The van der Waals surface area contributed by atoms with Crippen LogP contribution in [0.25, 0.3) is 0 Å². The molecule has 4 nitrogen and oxygen atoms in total. The van der Waals surface area contributed by atoms with Gasteiger partial charge in [-0.1, -0.05) is 20.8 Å². The van der Waals surface area contributed by atoms with Gasteiger partial charge in [0.1, 0.15) is 0 Å². The van der Waals surface area contributed by atoms with Crippen molar-refractivity contribution in [3.8, 4) is 0 Å². The first-order chi connectivity index (χ1) is 8.80. The van der Waals surface area contributed by atoms with Gasteiger partial charge in [0.15, 0.2) is 0 Å². The minimum atomic E-state index is -0.585. The second-order valence-corrected chi connectivity index (χ2v) is 6.53. The van der Waals surface area contributed by atoms with E-state index in [1.807, 2.05) is 13.8 Å². The Morgan fingerprint density at radius 3 is 2.58 bits per heavy atom. The van der Waals surface area contributed by atoms with Crippen LogP contribution in [0.15, 0.2) is 0 Å². The summed E-state index contributed by atoms with van der Waals surface area (Å²) >= 11 is 0. The molecular formula is C15H31N3O. The molecule has 1 aliphatic heterocycles. The number of rotatable bonds is 6. The molecular weight excluding hydrogens is 238 g/mol. The average molecular weight is 269 g/mol. The average Bonchev–Trinajstić information content (AvgIpc) is 2.32. The van der Waals surface area contributed by atoms with Crippen LogP contribution in [0.5, 0.6) is 0 Å². The summed E-state index contributed by atoms with van der Waals surface area (Å²) in [5.41, 5.74) is 4.96. The Morgan fingerprint density at radius 1 is 1.42 bits per heavy atom. The van der Waals surface area contributed by atoms with E-state index in [-0.39, 0.29) is 5.91 Å². The maximum Gasteiger partial charge on any atom is 0.237 e. The first-order valence-corrected chi connectivity index (χ1v) is 7.59. The number of amides is 1. The van der Waals surface area contributed by atoms with Crippen LogP contribution in [0, 0.1) is 11.8 Å². The van der Waals surface area contributed by atoms with Gasteiger partial charge >= 0.3 is 0 Å². The number of likely N-dealkylation sites (tertiary alicyclic amines) is 1. The van der Waals surface area contributed by atoms with Crippen molar-refractivity contribution >= 4 is 5.91 Å². The minimum Gasteiger partial charge on any atom is -0.368 e. The highest BCUT2D eigenvalue weighted by Crippen LogP contribution is 2.27. The molecule has 1 saturated heterocycles. The lowest BCUT2D eigenvalue weighted by atomic mass is 9.85. The van der Waals surface area contributed by atoms with Gasteiger partial charge in [-0.3, -0.25) is 4.79 Å². The number of nitrogens with one attached hydrogen (secondary N) is 1. The van der Waals surface area contributed by atoms with Gasteiger partial charge < -0.3 is 16.0 Å². The second kappa shape index (κ2) is 6.71. The standard InChI is InChI=1S/C15H31N3O/c1-6-17-15(5,14(16)19)7-8-18-10-11(2)9-12(3)13(18)4/h11-13,17H,6-10H2,1-5H3,(H2,16,19). The van der Waals surface area contributed by atoms with Gasteiger partial charge in [0.05, 0.1) is 5.54 Å². The predicted molar refractivity (Wildman–Crippen MR) is 79.9 cm³/mol. The van der Waals surface area contributed by atoms with Gasteiger partial charge in [-0.15, -0.1) is 0 Å². The molecule has 1 aliphatic rings. The quantitative estimate of drug-likeness (QED) is 0.770. The molecule has 0 aromatic rings. The summed E-state index contributed by atoms with van der Waals surface area (Å²) in [6.07, 6.45) is 2.08. The first-order valence-electron chi connectivity index (χ1n) is 7.59. The number of nitrogens with zero attached hydrogens (tertiary/aromatic N) is 1. The van der Waals surface area contributed by atoms with Gasteiger partial charge in [-0.25, -0.2) is 0 Å². The van der Waals surface area contributed by atoms with Gasteiger partial charge in [0.2, 0.25) is 5.91 Å². The Bertz CT molecular complexity index is 308. The van der Waals surface area contributed by atoms with Crippen LogP contribution in [0.2, 0.25) is 0 Å². The fourth-order valence-corrected chi connectivity index (χ4v) is 3.18. The summed E-state index contributed by atoms with van der Waals surface area (Å²) in [6, 6.07) is 0.593. The minimum absolute atomic E-state index is 0.250. The normalized spacial score (nSPS) is 31.9. The third-order valence-corrected chi connectivity index (χ3v) is 4.73. The van der Waals surface area contributed by atoms with Crippen molar-refractivity contribution in [3.63, 3.8) is 0 Å². The Kier molecular flexibility index (Phi) is 5.81. The van der Waals surface area contributed by atoms with E-state index in [0.717, 1.165) is 37.9 Å². The van der Waals surface area contributed by atoms with Crippen molar-refractivity contribution in [2.45, 2.75) is 59.0 Å². The summed E-state index contributed by atoms with van der Waals surface area (Å²) in [7, 11) is 0. The SMILES string of the molecule is CCNC(C)(CCN1CC(C)CC(C)C1C)C(N)=O. The molecule has 0 bridgehead atoms. The molecule has 19 heavy (non-hydrogen) atoms. The highest BCUT2D eigenvalue weighted by atomic mass is 16.1. The maximum atomic E-state index is 11.6. The lowest BCUT2D eigenvalue weighted by Gasteiger charge is -2.42. The zero-order chi connectivity index (χ0) is 14.6. The van der Waals surface area contributed by atoms with E-state index < -0.39 is 5.54 Å². The molecule has 4 heteroatoms.